The molecule has 1 saturated heterocycles. The topological polar surface area (TPSA) is 76.9 Å². The minimum atomic E-state index is 0.415. The maximum absolute atomic E-state index is 5.53. The van der Waals surface area contributed by atoms with Crippen LogP contribution in [0.5, 0.6) is 0 Å². The van der Waals surface area contributed by atoms with Gasteiger partial charge in [-0.2, -0.15) is 4.68 Å². The van der Waals surface area contributed by atoms with Crippen LogP contribution in [0.15, 0.2) is 30.3 Å². The Bertz CT molecular complexity index is 521. The molecule has 0 saturated carbocycles. The van der Waals surface area contributed by atoms with Crippen molar-refractivity contribution in [2.45, 2.75) is 0 Å². The maximum Gasteiger partial charge on any atom is 0.247 e. The van der Waals surface area contributed by atoms with Gasteiger partial charge in [0.1, 0.15) is 0 Å². The molecule has 2 N–H and O–H groups in total. The van der Waals surface area contributed by atoms with Crippen LogP contribution in [0.2, 0.25) is 0 Å². The fourth-order valence-electron chi connectivity index (χ4n) is 2.17. The lowest BCUT2D eigenvalue weighted by Gasteiger charge is -2.14. The molecule has 0 aliphatic carbocycles. The molecule has 0 amide bonds. The van der Waals surface area contributed by atoms with E-state index in [0.717, 1.165) is 38.5 Å². The molecular weight excluding hydrogens is 256 g/mol. The van der Waals surface area contributed by atoms with Crippen LogP contribution >= 0.6 is 0 Å². The second-order valence-electron chi connectivity index (χ2n) is 4.78. The van der Waals surface area contributed by atoms with E-state index in [-0.39, 0.29) is 0 Å². The van der Waals surface area contributed by atoms with Crippen LogP contribution in [0, 0.1) is 5.92 Å². The fourth-order valence-corrected chi connectivity index (χ4v) is 2.17. The number of benzene rings is 1. The Balaban J connectivity index is 1.65. The van der Waals surface area contributed by atoms with Crippen molar-refractivity contribution >= 4 is 5.95 Å². The molecule has 0 bridgehead atoms. The molecule has 1 fully saturated rings. The highest BCUT2D eigenvalue weighted by Crippen LogP contribution is 2.11. The molecule has 1 aromatic carbocycles. The summed E-state index contributed by atoms with van der Waals surface area (Å²) in [6.45, 7) is 4.17. The largest absolute Gasteiger partial charge is 0.380 e. The predicted octanol–water partition coefficient (Wildman–Crippen LogP) is 0.310. The van der Waals surface area contributed by atoms with E-state index in [1.807, 2.05) is 30.3 Å². The summed E-state index contributed by atoms with van der Waals surface area (Å²) < 4.78 is 7.23. The lowest BCUT2D eigenvalue weighted by Crippen LogP contribution is -2.28. The number of aromatic nitrogens is 4. The van der Waals surface area contributed by atoms with Gasteiger partial charge in [0, 0.05) is 25.6 Å². The summed E-state index contributed by atoms with van der Waals surface area (Å²) in [4.78, 5) is 0. The number of hydrogen-bond donors (Lipinski definition) is 2. The molecule has 2 aromatic rings. The van der Waals surface area contributed by atoms with Gasteiger partial charge >= 0.3 is 0 Å². The SMILES string of the molecule is c1ccc(-n2nnnc2NCC2CNCCOC2)cc1. The lowest BCUT2D eigenvalue weighted by molar-refractivity contribution is 0.127. The first kappa shape index (κ1) is 13.0. The molecular formula is C13H18N6O. The molecule has 7 heteroatoms. The highest BCUT2D eigenvalue weighted by atomic mass is 16.5. The monoisotopic (exact) mass is 274 g/mol. The van der Waals surface area contributed by atoms with E-state index in [2.05, 4.69) is 26.2 Å². The van der Waals surface area contributed by atoms with E-state index in [4.69, 9.17) is 4.74 Å². The summed E-state index contributed by atoms with van der Waals surface area (Å²) in [6.07, 6.45) is 0. The molecule has 0 spiro atoms. The zero-order valence-corrected chi connectivity index (χ0v) is 11.2. The summed E-state index contributed by atoms with van der Waals surface area (Å²) in [5, 5.41) is 18.4. The molecule has 1 aromatic heterocycles. The van der Waals surface area contributed by atoms with Gasteiger partial charge in [0.05, 0.1) is 18.9 Å². The first-order valence-electron chi connectivity index (χ1n) is 6.79. The molecule has 20 heavy (non-hydrogen) atoms. The highest BCUT2D eigenvalue weighted by Gasteiger charge is 2.14. The Kier molecular flexibility index (Phi) is 4.19. The van der Waals surface area contributed by atoms with Crippen LogP contribution in [0.3, 0.4) is 0 Å². The number of hydrogen-bond acceptors (Lipinski definition) is 6. The van der Waals surface area contributed by atoms with Crippen molar-refractivity contribution in [2.24, 2.45) is 5.92 Å². The fraction of sp³-hybridized carbons (Fsp3) is 0.462. The summed E-state index contributed by atoms with van der Waals surface area (Å²) in [7, 11) is 0. The smallest absolute Gasteiger partial charge is 0.247 e. The number of rotatable bonds is 4. The second kappa shape index (κ2) is 6.44. The van der Waals surface area contributed by atoms with Crippen molar-refractivity contribution in [1.29, 1.82) is 0 Å². The lowest BCUT2D eigenvalue weighted by atomic mass is 10.1. The number of nitrogens with zero attached hydrogens (tertiary/aromatic N) is 4. The highest BCUT2D eigenvalue weighted by molar-refractivity contribution is 5.38. The zero-order valence-electron chi connectivity index (χ0n) is 11.2. The van der Waals surface area contributed by atoms with Crippen LogP contribution < -0.4 is 10.6 Å². The third-order valence-electron chi connectivity index (χ3n) is 3.23. The van der Waals surface area contributed by atoms with Gasteiger partial charge in [0.2, 0.25) is 5.95 Å². The first-order valence-corrected chi connectivity index (χ1v) is 6.79. The van der Waals surface area contributed by atoms with Crippen molar-refractivity contribution in [3.8, 4) is 5.69 Å². The summed E-state index contributed by atoms with van der Waals surface area (Å²) in [5.41, 5.74) is 0.940. The van der Waals surface area contributed by atoms with E-state index in [9.17, 15) is 0 Å². The zero-order chi connectivity index (χ0) is 13.6. The van der Waals surface area contributed by atoms with Crippen LogP contribution in [-0.4, -0.2) is 53.1 Å². The molecule has 1 aliphatic heterocycles. The van der Waals surface area contributed by atoms with Crippen molar-refractivity contribution in [3.05, 3.63) is 30.3 Å². The standard InChI is InChI=1S/C13H18N6O/c1-2-4-12(5-3-1)19-13(16-17-18-19)15-9-11-8-14-6-7-20-10-11/h1-5,11,14H,6-10H2,(H,15,16,18). The quantitative estimate of drug-likeness (QED) is 0.835. The minimum absolute atomic E-state index is 0.415. The molecule has 1 atom stereocenters. The number of nitrogens with one attached hydrogen (secondary N) is 2. The average molecular weight is 274 g/mol. The van der Waals surface area contributed by atoms with Crippen molar-refractivity contribution in [2.75, 3.05) is 38.2 Å². The predicted molar refractivity (Wildman–Crippen MR) is 74.8 cm³/mol. The van der Waals surface area contributed by atoms with E-state index >= 15 is 0 Å². The Morgan fingerprint density at radius 1 is 1.35 bits per heavy atom. The van der Waals surface area contributed by atoms with E-state index in [1.165, 1.54) is 0 Å². The summed E-state index contributed by atoms with van der Waals surface area (Å²) >= 11 is 0. The van der Waals surface area contributed by atoms with Gasteiger partial charge in [0.25, 0.3) is 0 Å². The maximum atomic E-state index is 5.53. The van der Waals surface area contributed by atoms with E-state index in [0.29, 0.717) is 11.9 Å². The van der Waals surface area contributed by atoms with Gasteiger partial charge in [-0.05, 0) is 22.6 Å². The second-order valence-corrected chi connectivity index (χ2v) is 4.78. The van der Waals surface area contributed by atoms with Gasteiger partial charge in [-0.1, -0.05) is 23.3 Å². The number of anilines is 1. The minimum Gasteiger partial charge on any atom is -0.380 e. The Morgan fingerprint density at radius 2 is 2.25 bits per heavy atom. The molecule has 2 heterocycles. The van der Waals surface area contributed by atoms with Gasteiger partial charge in [-0.25, -0.2) is 0 Å². The van der Waals surface area contributed by atoms with E-state index < -0.39 is 0 Å². The van der Waals surface area contributed by atoms with Crippen molar-refractivity contribution in [3.63, 3.8) is 0 Å². The molecule has 7 nitrogen and oxygen atoms in total. The summed E-state index contributed by atoms with van der Waals surface area (Å²) in [5.74, 6) is 1.07. The first-order chi connectivity index (χ1) is 9.93. The molecule has 106 valence electrons. The molecule has 3 rings (SSSR count). The number of tetrazole rings is 1. The normalized spacial score (nSPS) is 19.5. The van der Waals surface area contributed by atoms with Gasteiger partial charge in [-0.3, -0.25) is 0 Å². The number of para-hydroxylation sites is 1. The van der Waals surface area contributed by atoms with Gasteiger partial charge < -0.3 is 15.4 Å². The van der Waals surface area contributed by atoms with Crippen LogP contribution in [0.25, 0.3) is 5.69 Å². The Labute approximate surface area is 117 Å². The van der Waals surface area contributed by atoms with Crippen LogP contribution in [0.4, 0.5) is 5.95 Å². The van der Waals surface area contributed by atoms with Crippen LogP contribution in [-0.2, 0) is 4.74 Å². The third-order valence-corrected chi connectivity index (χ3v) is 3.23. The number of ether oxygens (including phenoxy) is 1. The van der Waals surface area contributed by atoms with Crippen molar-refractivity contribution < 1.29 is 4.74 Å². The molecule has 1 unspecified atom stereocenters. The molecule has 0 radical (unpaired) electrons. The average Bonchev–Trinajstić information content (AvgIpc) is 2.81. The Hall–Kier alpha value is -1.99. The van der Waals surface area contributed by atoms with Crippen LogP contribution in [0.1, 0.15) is 0 Å². The van der Waals surface area contributed by atoms with E-state index in [1.54, 1.807) is 4.68 Å². The molecule has 1 aliphatic rings. The third kappa shape index (κ3) is 3.12. The Morgan fingerprint density at radius 3 is 3.15 bits per heavy atom. The van der Waals surface area contributed by atoms with Crippen molar-refractivity contribution in [1.82, 2.24) is 25.5 Å². The van der Waals surface area contributed by atoms with Gasteiger partial charge in [-0.15, -0.1) is 0 Å². The van der Waals surface area contributed by atoms with Gasteiger partial charge in [0.15, 0.2) is 0 Å². The summed E-state index contributed by atoms with van der Waals surface area (Å²) in [6, 6.07) is 9.83.